The fraction of sp³-hybridized carbons (Fsp3) is 0.556. The van der Waals surface area contributed by atoms with Crippen molar-refractivity contribution in [2.45, 2.75) is 26.7 Å². The van der Waals surface area contributed by atoms with E-state index in [1.165, 1.54) is 6.21 Å². The molecule has 0 radical (unpaired) electrons. The number of oxime groups is 1. The molecule has 1 heterocycles. The van der Waals surface area contributed by atoms with Crippen molar-refractivity contribution in [3.05, 3.63) is 11.6 Å². The summed E-state index contributed by atoms with van der Waals surface area (Å²) in [7, 11) is 0. The Hall–Kier alpha value is -1.12. The van der Waals surface area contributed by atoms with Crippen LogP contribution in [0.2, 0.25) is 0 Å². The highest BCUT2D eigenvalue weighted by Gasteiger charge is 2.14. The van der Waals surface area contributed by atoms with Gasteiger partial charge in [-0.25, -0.2) is 4.79 Å². The van der Waals surface area contributed by atoms with Crippen molar-refractivity contribution in [2.75, 3.05) is 0 Å². The van der Waals surface area contributed by atoms with Crippen LogP contribution in [0.5, 0.6) is 0 Å². The van der Waals surface area contributed by atoms with Crippen LogP contribution in [0.4, 0.5) is 0 Å². The lowest BCUT2D eigenvalue weighted by Gasteiger charge is -2.02. The largest absolute Gasteiger partial charge is 0.367 e. The van der Waals surface area contributed by atoms with Gasteiger partial charge in [-0.2, -0.15) is 0 Å². The normalized spacial score (nSPS) is 21.5. The molecule has 0 aromatic rings. The second-order valence-electron chi connectivity index (χ2n) is 3.02. The second-order valence-corrected chi connectivity index (χ2v) is 3.02. The first kappa shape index (κ1) is 8.97. The summed E-state index contributed by atoms with van der Waals surface area (Å²) < 4.78 is 0. The SMILES string of the molecule is CCC(C)CC=C1C=NOC1=O. The summed E-state index contributed by atoms with van der Waals surface area (Å²) in [6, 6.07) is 0. The van der Waals surface area contributed by atoms with E-state index in [1.54, 1.807) is 0 Å². The van der Waals surface area contributed by atoms with E-state index in [0.717, 1.165) is 12.8 Å². The number of rotatable bonds is 3. The lowest BCUT2D eigenvalue weighted by molar-refractivity contribution is -0.136. The predicted octanol–water partition coefficient (Wildman–Crippen LogP) is 1.89. The molecular weight excluding hydrogens is 154 g/mol. The molecule has 1 atom stereocenters. The fourth-order valence-electron chi connectivity index (χ4n) is 0.867. The Morgan fingerprint density at radius 3 is 3.00 bits per heavy atom. The predicted molar refractivity (Wildman–Crippen MR) is 46.7 cm³/mol. The van der Waals surface area contributed by atoms with Crippen molar-refractivity contribution in [2.24, 2.45) is 11.1 Å². The van der Waals surface area contributed by atoms with Crippen molar-refractivity contribution in [1.29, 1.82) is 0 Å². The Kier molecular flexibility index (Phi) is 3.02. The van der Waals surface area contributed by atoms with Gasteiger partial charge in [-0.1, -0.05) is 31.5 Å². The molecule has 12 heavy (non-hydrogen) atoms. The Morgan fingerprint density at radius 1 is 1.75 bits per heavy atom. The molecule has 0 aromatic heterocycles. The van der Waals surface area contributed by atoms with Gasteiger partial charge in [-0.15, -0.1) is 0 Å². The molecule has 0 aromatic carbocycles. The minimum absolute atomic E-state index is 0.335. The van der Waals surface area contributed by atoms with Gasteiger partial charge in [0.25, 0.3) is 0 Å². The summed E-state index contributed by atoms with van der Waals surface area (Å²) >= 11 is 0. The fourth-order valence-corrected chi connectivity index (χ4v) is 0.867. The summed E-state index contributed by atoms with van der Waals surface area (Å²) in [5.41, 5.74) is 0.579. The van der Waals surface area contributed by atoms with Gasteiger partial charge in [0.15, 0.2) is 0 Å². The average Bonchev–Trinajstić information content (AvgIpc) is 2.47. The van der Waals surface area contributed by atoms with Crippen LogP contribution in [0.1, 0.15) is 26.7 Å². The van der Waals surface area contributed by atoms with Crippen molar-refractivity contribution in [3.8, 4) is 0 Å². The van der Waals surface area contributed by atoms with Gasteiger partial charge in [0.05, 0.1) is 11.8 Å². The Morgan fingerprint density at radius 2 is 2.50 bits per heavy atom. The van der Waals surface area contributed by atoms with E-state index in [0.29, 0.717) is 11.5 Å². The molecule has 0 saturated carbocycles. The van der Waals surface area contributed by atoms with Crippen LogP contribution in [-0.2, 0) is 9.63 Å². The summed E-state index contributed by atoms with van der Waals surface area (Å²) in [5, 5.41) is 3.41. The van der Waals surface area contributed by atoms with Crippen LogP contribution in [0.3, 0.4) is 0 Å². The molecule has 1 aliphatic rings. The highest BCUT2D eigenvalue weighted by molar-refractivity contribution is 6.11. The molecule has 66 valence electrons. The van der Waals surface area contributed by atoms with E-state index in [-0.39, 0.29) is 5.97 Å². The lowest BCUT2D eigenvalue weighted by Crippen LogP contribution is -1.98. The quantitative estimate of drug-likeness (QED) is 0.475. The summed E-state index contributed by atoms with van der Waals surface area (Å²) in [4.78, 5) is 15.3. The van der Waals surface area contributed by atoms with Crippen molar-refractivity contribution < 1.29 is 9.63 Å². The topological polar surface area (TPSA) is 38.7 Å². The van der Waals surface area contributed by atoms with Gasteiger partial charge in [0.2, 0.25) is 0 Å². The number of hydrogen-bond acceptors (Lipinski definition) is 3. The highest BCUT2D eigenvalue weighted by Crippen LogP contribution is 2.11. The van der Waals surface area contributed by atoms with Crippen LogP contribution >= 0.6 is 0 Å². The van der Waals surface area contributed by atoms with Gasteiger partial charge in [-0.05, 0) is 12.3 Å². The van der Waals surface area contributed by atoms with Gasteiger partial charge in [0, 0.05) is 0 Å². The van der Waals surface area contributed by atoms with Crippen LogP contribution in [0, 0.1) is 5.92 Å². The molecule has 0 N–H and O–H groups in total. The van der Waals surface area contributed by atoms with Crippen LogP contribution in [0.15, 0.2) is 16.8 Å². The molecule has 0 fully saturated rings. The third-order valence-electron chi connectivity index (χ3n) is 2.00. The first-order valence-corrected chi connectivity index (χ1v) is 4.19. The van der Waals surface area contributed by atoms with Gasteiger partial charge in [0.1, 0.15) is 0 Å². The monoisotopic (exact) mass is 167 g/mol. The zero-order chi connectivity index (χ0) is 8.97. The molecule has 0 spiro atoms. The first-order valence-electron chi connectivity index (χ1n) is 4.19. The number of nitrogens with zero attached hydrogens (tertiary/aromatic N) is 1. The molecule has 3 heteroatoms. The molecule has 1 unspecified atom stereocenters. The molecule has 0 bridgehead atoms. The van der Waals surface area contributed by atoms with Gasteiger partial charge < -0.3 is 4.84 Å². The van der Waals surface area contributed by atoms with E-state index in [4.69, 9.17) is 0 Å². The van der Waals surface area contributed by atoms with Gasteiger partial charge >= 0.3 is 5.97 Å². The third kappa shape index (κ3) is 2.19. The molecule has 0 amide bonds. The van der Waals surface area contributed by atoms with E-state index in [2.05, 4.69) is 23.8 Å². The molecular formula is C9H13NO2. The molecule has 1 aliphatic heterocycles. The van der Waals surface area contributed by atoms with E-state index in [1.807, 2.05) is 6.08 Å². The van der Waals surface area contributed by atoms with E-state index < -0.39 is 0 Å². The first-order chi connectivity index (χ1) is 5.74. The van der Waals surface area contributed by atoms with E-state index >= 15 is 0 Å². The number of hydrogen-bond donors (Lipinski definition) is 0. The maximum Gasteiger partial charge on any atom is 0.367 e. The standard InChI is InChI=1S/C9H13NO2/c1-3-7(2)4-5-8-6-10-12-9(8)11/h5-7H,3-4H2,1-2H3. The smallest absolute Gasteiger partial charge is 0.313 e. The summed E-state index contributed by atoms with van der Waals surface area (Å²) in [6.45, 7) is 4.28. The summed E-state index contributed by atoms with van der Waals surface area (Å²) in [5.74, 6) is 0.276. The minimum Gasteiger partial charge on any atom is -0.313 e. The molecule has 0 aliphatic carbocycles. The Balaban J connectivity index is 2.46. The zero-order valence-corrected chi connectivity index (χ0v) is 7.41. The number of carbonyl (C=O) groups excluding carboxylic acids is 1. The van der Waals surface area contributed by atoms with Crippen molar-refractivity contribution in [3.63, 3.8) is 0 Å². The lowest BCUT2D eigenvalue weighted by atomic mass is 10.0. The van der Waals surface area contributed by atoms with E-state index in [9.17, 15) is 4.79 Å². The minimum atomic E-state index is -0.335. The number of allylic oxidation sites excluding steroid dienone is 1. The number of carbonyl (C=O) groups is 1. The van der Waals surface area contributed by atoms with Crippen molar-refractivity contribution >= 4 is 12.2 Å². The maximum atomic E-state index is 10.9. The van der Waals surface area contributed by atoms with Crippen molar-refractivity contribution in [1.82, 2.24) is 0 Å². The maximum absolute atomic E-state index is 10.9. The van der Waals surface area contributed by atoms with Crippen LogP contribution in [-0.4, -0.2) is 12.2 Å². The molecule has 1 rings (SSSR count). The second kappa shape index (κ2) is 4.04. The molecule has 0 saturated heterocycles. The Labute approximate surface area is 72.1 Å². The average molecular weight is 167 g/mol. The summed E-state index contributed by atoms with van der Waals surface area (Å²) in [6.07, 6.45) is 5.38. The van der Waals surface area contributed by atoms with Gasteiger partial charge in [-0.3, -0.25) is 0 Å². The zero-order valence-electron chi connectivity index (χ0n) is 7.41. The third-order valence-corrected chi connectivity index (χ3v) is 2.00. The highest BCUT2D eigenvalue weighted by atomic mass is 16.7. The van der Waals surface area contributed by atoms with Crippen LogP contribution in [0.25, 0.3) is 0 Å². The molecule has 3 nitrogen and oxygen atoms in total. The van der Waals surface area contributed by atoms with Crippen LogP contribution < -0.4 is 0 Å². The Bertz CT molecular complexity index is 231.